The van der Waals surface area contributed by atoms with Crippen molar-refractivity contribution < 1.29 is 31.8 Å². The first-order valence-corrected chi connectivity index (χ1v) is 11.4. The molecule has 0 saturated carbocycles. The number of nitrogens with one attached hydrogen (secondary N) is 1. The Labute approximate surface area is 208 Å². The Morgan fingerprint density at radius 2 is 1.89 bits per heavy atom. The van der Waals surface area contributed by atoms with Gasteiger partial charge in [0.2, 0.25) is 5.91 Å². The molecule has 0 unspecified atom stereocenters. The predicted octanol–water partition coefficient (Wildman–Crippen LogP) is 5.15. The molecule has 2 aromatic carbocycles. The maximum absolute atomic E-state index is 14.2. The van der Waals surface area contributed by atoms with Crippen molar-refractivity contribution in [3.63, 3.8) is 0 Å². The molecule has 2 aliphatic heterocycles. The van der Waals surface area contributed by atoms with Crippen LogP contribution in [0.25, 0.3) is 0 Å². The number of benzene rings is 2. The number of halogens is 5. The van der Waals surface area contributed by atoms with Crippen LogP contribution in [0.4, 0.5) is 17.6 Å². The van der Waals surface area contributed by atoms with Crippen molar-refractivity contribution >= 4 is 18.3 Å². The van der Waals surface area contributed by atoms with E-state index in [4.69, 9.17) is 9.47 Å². The van der Waals surface area contributed by atoms with Crippen molar-refractivity contribution in [2.45, 2.75) is 50.0 Å². The van der Waals surface area contributed by atoms with Gasteiger partial charge >= 0.3 is 6.18 Å². The average molecular weight is 517 g/mol. The highest BCUT2D eigenvalue weighted by molar-refractivity contribution is 5.87. The molecular formula is C25H29ClF4N2O3. The first-order chi connectivity index (χ1) is 16.2. The van der Waals surface area contributed by atoms with Crippen LogP contribution in [0.2, 0.25) is 0 Å². The molecule has 2 heterocycles. The summed E-state index contributed by atoms with van der Waals surface area (Å²) in [6.07, 6.45) is -3.27. The summed E-state index contributed by atoms with van der Waals surface area (Å²) in [5, 5.41) is 2.97. The van der Waals surface area contributed by atoms with Gasteiger partial charge in [-0.3, -0.25) is 9.69 Å². The summed E-state index contributed by atoms with van der Waals surface area (Å²) in [4.78, 5) is 15.6. The normalized spacial score (nSPS) is 21.1. The van der Waals surface area contributed by atoms with Crippen molar-refractivity contribution in [1.82, 2.24) is 10.2 Å². The lowest BCUT2D eigenvalue weighted by Gasteiger charge is -2.43. The summed E-state index contributed by atoms with van der Waals surface area (Å²) in [5.74, 6) is -0.432. The zero-order valence-corrected chi connectivity index (χ0v) is 20.1. The quantitative estimate of drug-likeness (QED) is 0.540. The molecule has 192 valence electrons. The van der Waals surface area contributed by atoms with Crippen LogP contribution >= 0.6 is 12.4 Å². The maximum Gasteiger partial charge on any atom is 0.416 e. The smallest absolute Gasteiger partial charge is 0.416 e. The Balaban J connectivity index is 0.00000342. The second kappa shape index (κ2) is 11.1. The van der Waals surface area contributed by atoms with Gasteiger partial charge in [-0.2, -0.15) is 13.2 Å². The number of hydrogen-bond donors (Lipinski definition) is 1. The van der Waals surface area contributed by atoms with E-state index in [2.05, 4.69) is 5.32 Å². The third-order valence-corrected chi connectivity index (χ3v) is 6.68. The van der Waals surface area contributed by atoms with Crippen molar-refractivity contribution in [2.24, 2.45) is 0 Å². The molecule has 0 radical (unpaired) electrons. The van der Waals surface area contributed by atoms with Crippen LogP contribution in [-0.2, 0) is 15.7 Å². The molecule has 0 aromatic heterocycles. The number of carbonyl (C=O) groups is 1. The number of nitrogens with zero attached hydrogens (tertiary/aromatic N) is 1. The highest BCUT2D eigenvalue weighted by atomic mass is 35.5. The van der Waals surface area contributed by atoms with Gasteiger partial charge in [-0.15, -0.1) is 12.4 Å². The monoisotopic (exact) mass is 516 g/mol. The van der Waals surface area contributed by atoms with Crippen LogP contribution in [0.15, 0.2) is 48.5 Å². The van der Waals surface area contributed by atoms with Crippen LogP contribution in [0.3, 0.4) is 0 Å². The third kappa shape index (κ3) is 6.08. The summed E-state index contributed by atoms with van der Waals surface area (Å²) in [7, 11) is 0. The Morgan fingerprint density at radius 1 is 1.17 bits per heavy atom. The molecule has 5 nitrogen and oxygen atoms in total. The standard InChI is InChI=1S/C25H28F4N2O3.ClH/c1-17(21-7-2-3-8-22(21)26)30-23(32)24(10-13-33-14-11-24)31-12-9-20(16-31)34-19-6-4-5-18(15-19)25(27,28)29;/h2-8,15,17,20H,9-14,16H2,1H3,(H,30,32);1H/t17-,20+;/m0./s1. The minimum atomic E-state index is -4.44. The third-order valence-electron chi connectivity index (χ3n) is 6.68. The van der Waals surface area contributed by atoms with Gasteiger partial charge in [0.15, 0.2) is 0 Å². The molecule has 1 amide bonds. The van der Waals surface area contributed by atoms with E-state index in [1.54, 1.807) is 25.1 Å². The van der Waals surface area contributed by atoms with Crippen molar-refractivity contribution in [2.75, 3.05) is 26.3 Å². The fraction of sp³-hybridized carbons (Fsp3) is 0.480. The number of hydrogen-bond acceptors (Lipinski definition) is 4. The van der Waals surface area contributed by atoms with Gasteiger partial charge in [-0.05, 0) is 50.5 Å². The molecule has 2 aliphatic rings. The van der Waals surface area contributed by atoms with Gasteiger partial charge in [0.05, 0.1) is 11.6 Å². The molecule has 2 fully saturated rings. The van der Waals surface area contributed by atoms with Crippen LogP contribution < -0.4 is 10.1 Å². The molecule has 0 bridgehead atoms. The number of likely N-dealkylation sites (tertiary alicyclic amines) is 1. The number of ether oxygens (including phenoxy) is 2. The zero-order chi connectivity index (χ0) is 24.3. The van der Waals surface area contributed by atoms with Gasteiger partial charge in [-0.1, -0.05) is 24.3 Å². The second-order valence-corrected chi connectivity index (χ2v) is 8.86. The first kappa shape index (κ1) is 27.2. The topological polar surface area (TPSA) is 50.8 Å². The SMILES string of the molecule is C[C@H](NC(=O)C1(N2CC[C@@H](Oc3cccc(C(F)(F)F)c3)C2)CCOCC1)c1ccccc1F.Cl. The minimum absolute atomic E-state index is 0. The summed E-state index contributed by atoms with van der Waals surface area (Å²) in [5.41, 5.74) is -1.20. The van der Waals surface area contributed by atoms with E-state index in [0.717, 1.165) is 12.1 Å². The largest absolute Gasteiger partial charge is 0.489 e. The lowest BCUT2D eigenvalue weighted by molar-refractivity contribution is -0.141. The van der Waals surface area contributed by atoms with Gasteiger partial charge in [0.1, 0.15) is 23.2 Å². The second-order valence-electron chi connectivity index (χ2n) is 8.86. The van der Waals surface area contributed by atoms with Crippen LogP contribution in [0.5, 0.6) is 5.75 Å². The van der Waals surface area contributed by atoms with E-state index in [1.807, 2.05) is 4.90 Å². The minimum Gasteiger partial charge on any atom is -0.489 e. The van der Waals surface area contributed by atoms with Gasteiger partial charge in [0.25, 0.3) is 0 Å². The Morgan fingerprint density at radius 3 is 2.57 bits per heavy atom. The molecule has 0 spiro atoms. The molecule has 1 N–H and O–H groups in total. The number of rotatable bonds is 6. The number of alkyl halides is 3. The zero-order valence-electron chi connectivity index (χ0n) is 19.3. The Hall–Kier alpha value is -2.36. The lowest BCUT2D eigenvalue weighted by Crippen LogP contribution is -2.61. The molecule has 35 heavy (non-hydrogen) atoms. The lowest BCUT2D eigenvalue weighted by atomic mass is 9.86. The summed E-state index contributed by atoms with van der Waals surface area (Å²) in [6.45, 7) is 3.53. The summed E-state index contributed by atoms with van der Waals surface area (Å²) in [6, 6.07) is 10.6. The van der Waals surface area contributed by atoms with E-state index in [-0.39, 0.29) is 36.0 Å². The average Bonchev–Trinajstić information content (AvgIpc) is 3.28. The van der Waals surface area contributed by atoms with Gasteiger partial charge in [0, 0.05) is 31.9 Å². The fourth-order valence-corrected chi connectivity index (χ4v) is 4.78. The predicted molar refractivity (Wildman–Crippen MR) is 125 cm³/mol. The summed E-state index contributed by atoms with van der Waals surface area (Å²) >= 11 is 0. The fourth-order valence-electron chi connectivity index (χ4n) is 4.78. The van der Waals surface area contributed by atoms with Crippen molar-refractivity contribution in [3.05, 3.63) is 65.5 Å². The van der Waals surface area contributed by atoms with Crippen LogP contribution in [-0.4, -0.2) is 48.8 Å². The molecule has 2 saturated heterocycles. The van der Waals surface area contributed by atoms with Crippen LogP contribution in [0.1, 0.15) is 43.4 Å². The molecule has 2 aromatic rings. The van der Waals surface area contributed by atoms with E-state index in [0.29, 0.717) is 51.1 Å². The highest BCUT2D eigenvalue weighted by Crippen LogP contribution is 2.35. The van der Waals surface area contributed by atoms with E-state index < -0.39 is 23.3 Å². The Bertz CT molecular complexity index is 1010. The maximum atomic E-state index is 14.2. The molecular weight excluding hydrogens is 488 g/mol. The van der Waals surface area contributed by atoms with E-state index in [9.17, 15) is 22.4 Å². The summed E-state index contributed by atoms with van der Waals surface area (Å²) < 4.78 is 64.7. The van der Waals surface area contributed by atoms with Crippen molar-refractivity contribution in [3.8, 4) is 5.75 Å². The first-order valence-electron chi connectivity index (χ1n) is 11.4. The van der Waals surface area contributed by atoms with E-state index in [1.165, 1.54) is 18.2 Å². The van der Waals surface area contributed by atoms with Gasteiger partial charge < -0.3 is 14.8 Å². The molecule has 2 atom stereocenters. The molecule has 10 heteroatoms. The highest BCUT2D eigenvalue weighted by Gasteiger charge is 2.48. The Kier molecular flexibility index (Phi) is 8.67. The van der Waals surface area contributed by atoms with Gasteiger partial charge in [-0.25, -0.2) is 4.39 Å². The molecule has 0 aliphatic carbocycles. The van der Waals surface area contributed by atoms with Crippen LogP contribution in [0, 0.1) is 5.82 Å². The number of amides is 1. The molecule has 4 rings (SSSR count). The number of carbonyl (C=O) groups excluding carboxylic acids is 1. The van der Waals surface area contributed by atoms with E-state index >= 15 is 0 Å². The van der Waals surface area contributed by atoms with Crippen molar-refractivity contribution in [1.29, 1.82) is 0 Å².